The first-order chi connectivity index (χ1) is 11.4. The number of hydrogen-bond donors (Lipinski definition) is 1. The molecule has 2 aliphatic rings. The highest BCUT2D eigenvalue weighted by Gasteiger charge is 2.21. The van der Waals surface area contributed by atoms with Crippen LogP contribution in [0, 0.1) is 0 Å². The average molecular weight is 302 g/mol. The smallest absolute Gasteiger partial charge is 0.0431 e. The Morgan fingerprint density at radius 1 is 1.00 bits per heavy atom. The normalized spacial score (nSPS) is 15.9. The van der Waals surface area contributed by atoms with Crippen molar-refractivity contribution in [2.24, 2.45) is 0 Å². The Labute approximate surface area is 137 Å². The van der Waals surface area contributed by atoms with E-state index in [1.807, 2.05) is 0 Å². The summed E-state index contributed by atoms with van der Waals surface area (Å²) in [7, 11) is 0. The van der Waals surface area contributed by atoms with Gasteiger partial charge in [-0.2, -0.15) is 0 Å². The summed E-state index contributed by atoms with van der Waals surface area (Å²) < 4.78 is 0. The van der Waals surface area contributed by atoms with Crippen molar-refractivity contribution < 1.29 is 5.11 Å². The molecule has 1 nitrogen and oxygen atoms in total. The third kappa shape index (κ3) is 2.55. The molecule has 0 unspecified atom stereocenters. The van der Waals surface area contributed by atoms with Crippen LogP contribution < -0.4 is 0 Å². The van der Waals surface area contributed by atoms with Gasteiger partial charge in [-0.25, -0.2) is 0 Å². The highest BCUT2D eigenvalue weighted by Crippen LogP contribution is 2.42. The first-order valence-electron chi connectivity index (χ1n) is 8.60. The number of unbranched alkanes of at least 4 members (excludes halogenated alkanes) is 2. The predicted octanol–water partition coefficient (Wildman–Crippen LogP) is 5.29. The maximum absolute atomic E-state index is 8.86. The molecule has 0 amide bonds. The molecule has 0 aliphatic heterocycles. The number of hydrogen-bond acceptors (Lipinski definition) is 1. The van der Waals surface area contributed by atoms with Gasteiger partial charge in [-0.15, -0.1) is 0 Å². The molecule has 0 heterocycles. The molecule has 0 saturated heterocycles. The minimum atomic E-state index is 0.294. The van der Waals surface area contributed by atoms with Crippen LogP contribution in [0.3, 0.4) is 0 Å². The van der Waals surface area contributed by atoms with Crippen molar-refractivity contribution in [3.8, 4) is 0 Å². The van der Waals surface area contributed by atoms with E-state index in [1.165, 1.54) is 38.6 Å². The third-order valence-electron chi connectivity index (χ3n) is 4.95. The van der Waals surface area contributed by atoms with Crippen LogP contribution in [0.25, 0.3) is 21.9 Å². The fourth-order valence-corrected chi connectivity index (χ4v) is 3.79. The Kier molecular flexibility index (Phi) is 3.88. The summed E-state index contributed by atoms with van der Waals surface area (Å²) in [5.74, 6) is 0. The molecule has 4 rings (SSSR count). The zero-order valence-corrected chi connectivity index (χ0v) is 13.4. The molecule has 1 N–H and O–H groups in total. The lowest BCUT2D eigenvalue weighted by Gasteiger charge is -2.25. The van der Waals surface area contributed by atoms with E-state index in [2.05, 4.69) is 54.6 Å². The summed E-state index contributed by atoms with van der Waals surface area (Å²) >= 11 is 0. The van der Waals surface area contributed by atoms with Gasteiger partial charge in [0.05, 0.1) is 0 Å². The lowest BCUT2D eigenvalue weighted by atomic mass is 9.79. The topological polar surface area (TPSA) is 20.2 Å². The molecule has 23 heavy (non-hydrogen) atoms. The second-order valence-electron chi connectivity index (χ2n) is 6.42. The zero-order valence-electron chi connectivity index (χ0n) is 13.4. The SMILES string of the molecule is OCCCCC=CC1=CCC2=CCc3cccc4ccc1c2c34. The van der Waals surface area contributed by atoms with Crippen LogP contribution in [-0.2, 0) is 6.42 Å². The highest BCUT2D eigenvalue weighted by molar-refractivity contribution is 6.05. The van der Waals surface area contributed by atoms with Crippen molar-refractivity contribution in [2.45, 2.75) is 32.1 Å². The minimum absolute atomic E-state index is 0.294. The van der Waals surface area contributed by atoms with Crippen LogP contribution in [-0.4, -0.2) is 11.7 Å². The minimum Gasteiger partial charge on any atom is -0.396 e. The lowest BCUT2D eigenvalue weighted by molar-refractivity contribution is 0.285. The summed E-state index contributed by atoms with van der Waals surface area (Å²) in [6, 6.07) is 11.2. The molecule has 0 spiro atoms. The second kappa shape index (κ2) is 6.17. The fraction of sp³-hybridized carbons (Fsp3) is 0.273. The van der Waals surface area contributed by atoms with E-state index >= 15 is 0 Å². The second-order valence-corrected chi connectivity index (χ2v) is 6.42. The molecule has 0 bridgehead atoms. The predicted molar refractivity (Wildman–Crippen MR) is 98.3 cm³/mol. The molecule has 0 saturated carbocycles. The van der Waals surface area contributed by atoms with Crippen molar-refractivity contribution in [3.05, 3.63) is 71.3 Å². The van der Waals surface area contributed by atoms with Crippen molar-refractivity contribution >= 4 is 21.9 Å². The summed E-state index contributed by atoms with van der Waals surface area (Å²) in [4.78, 5) is 0. The van der Waals surface area contributed by atoms with Gasteiger partial charge in [0.2, 0.25) is 0 Å². The Morgan fingerprint density at radius 2 is 1.96 bits per heavy atom. The number of rotatable bonds is 5. The summed E-state index contributed by atoms with van der Waals surface area (Å²) in [6.07, 6.45) is 14.4. The van der Waals surface area contributed by atoms with E-state index in [0.29, 0.717) is 6.61 Å². The average Bonchev–Trinajstić information content (AvgIpc) is 2.60. The zero-order chi connectivity index (χ0) is 15.6. The van der Waals surface area contributed by atoms with E-state index in [4.69, 9.17) is 5.11 Å². The van der Waals surface area contributed by atoms with Gasteiger partial charge in [-0.3, -0.25) is 0 Å². The maximum Gasteiger partial charge on any atom is 0.0431 e. The summed E-state index contributed by atoms with van der Waals surface area (Å²) in [5, 5.41) is 11.7. The first kappa shape index (κ1) is 14.5. The van der Waals surface area contributed by atoms with E-state index in [9.17, 15) is 0 Å². The van der Waals surface area contributed by atoms with Gasteiger partial charge in [0, 0.05) is 6.61 Å². The van der Waals surface area contributed by atoms with Crippen molar-refractivity contribution in [3.63, 3.8) is 0 Å². The number of benzene rings is 2. The molecule has 0 aromatic heterocycles. The van der Waals surface area contributed by atoms with Crippen LogP contribution in [0.2, 0.25) is 0 Å². The van der Waals surface area contributed by atoms with E-state index in [1.54, 1.807) is 0 Å². The molecular weight excluding hydrogens is 280 g/mol. The Hall–Kier alpha value is -2.12. The lowest BCUT2D eigenvalue weighted by Crippen LogP contribution is -2.05. The van der Waals surface area contributed by atoms with Gasteiger partial charge in [0.25, 0.3) is 0 Å². The number of allylic oxidation sites excluding steroid dienone is 6. The van der Waals surface area contributed by atoms with E-state index in [-0.39, 0.29) is 0 Å². The molecule has 0 radical (unpaired) electrons. The largest absolute Gasteiger partial charge is 0.396 e. The molecule has 2 aliphatic carbocycles. The molecule has 2 aromatic rings. The van der Waals surface area contributed by atoms with Crippen molar-refractivity contribution in [2.75, 3.05) is 6.61 Å². The Bertz CT molecular complexity index is 836. The summed E-state index contributed by atoms with van der Waals surface area (Å²) in [5.41, 5.74) is 7.13. The highest BCUT2D eigenvalue weighted by atomic mass is 16.2. The number of aliphatic hydroxyl groups excluding tert-OH is 1. The molecule has 1 heteroatoms. The van der Waals surface area contributed by atoms with Gasteiger partial charge < -0.3 is 5.11 Å². The molecule has 0 fully saturated rings. The molecule has 116 valence electrons. The van der Waals surface area contributed by atoms with Crippen LogP contribution in [0.15, 0.2) is 54.6 Å². The van der Waals surface area contributed by atoms with Gasteiger partial charge in [-0.05, 0) is 70.7 Å². The molecule has 2 aromatic carbocycles. The van der Waals surface area contributed by atoms with Gasteiger partial charge in [-0.1, -0.05) is 54.6 Å². The van der Waals surface area contributed by atoms with Gasteiger partial charge >= 0.3 is 0 Å². The van der Waals surface area contributed by atoms with Gasteiger partial charge in [0.15, 0.2) is 0 Å². The summed E-state index contributed by atoms with van der Waals surface area (Å²) in [6.45, 7) is 0.294. The van der Waals surface area contributed by atoms with Crippen molar-refractivity contribution in [1.82, 2.24) is 0 Å². The Morgan fingerprint density at radius 3 is 2.87 bits per heavy atom. The van der Waals surface area contributed by atoms with E-state index < -0.39 is 0 Å². The van der Waals surface area contributed by atoms with Crippen LogP contribution in [0.1, 0.15) is 42.4 Å². The standard InChI is InChI=1S/C22H22O/c23-15-4-2-1-3-6-16-9-10-19-12-11-17-7-5-8-18-13-14-20(16)22(19)21(17)18/h3,5-9,12-14,23H,1-2,4,10-11,15H2. The first-order valence-corrected chi connectivity index (χ1v) is 8.60. The van der Waals surface area contributed by atoms with E-state index in [0.717, 1.165) is 32.1 Å². The maximum atomic E-state index is 8.86. The third-order valence-corrected chi connectivity index (χ3v) is 4.95. The van der Waals surface area contributed by atoms with Crippen LogP contribution >= 0.6 is 0 Å². The molecular formula is C22H22O. The van der Waals surface area contributed by atoms with Crippen molar-refractivity contribution in [1.29, 1.82) is 0 Å². The Balaban J connectivity index is 1.73. The quantitative estimate of drug-likeness (QED) is 0.744. The van der Waals surface area contributed by atoms with Crippen LogP contribution in [0.5, 0.6) is 0 Å². The monoisotopic (exact) mass is 302 g/mol. The number of aliphatic hydroxyl groups is 1. The molecule has 0 atom stereocenters. The fourth-order valence-electron chi connectivity index (χ4n) is 3.79. The van der Waals surface area contributed by atoms with Gasteiger partial charge in [0.1, 0.15) is 0 Å². The van der Waals surface area contributed by atoms with Crippen LogP contribution in [0.4, 0.5) is 0 Å².